The van der Waals surface area contributed by atoms with Crippen LogP contribution in [-0.4, -0.2) is 48.9 Å². The Bertz CT molecular complexity index is 744. The molecule has 0 unspecified atom stereocenters. The standard InChI is InChI=1S/C12H13ClN4O2S/c13-12-10-7-9(1-2-11(10)15-8-16-12)20(18,19)17-5-3-14-4-6-17/h1-2,7-8,14H,3-6H2. The molecule has 1 N–H and O–H groups in total. The lowest BCUT2D eigenvalue weighted by Gasteiger charge is -2.26. The minimum Gasteiger partial charge on any atom is -0.314 e. The maximum atomic E-state index is 12.6. The minimum absolute atomic E-state index is 0.226. The van der Waals surface area contributed by atoms with Gasteiger partial charge in [0.2, 0.25) is 10.0 Å². The van der Waals surface area contributed by atoms with Crippen LogP contribution in [0.3, 0.4) is 0 Å². The molecule has 1 saturated heterocycles. The summed E-state index contributed by atoms with van der Waals surface area (Å²) in [6.07, 6.45) is 1.36. The molecule has 2 heterocycles. The fraction of sp³-hybridized carbons (Fsp3) is 0.333. The van der Waals surface area contributed by atoms with Crippen molar-refractivity contribution in [3.63, 3.8) is 0 Å². The molecule has 0 atom stereocenters. The van der Waals surface area contributed by atoms with Gasteiger partial charge in [-0.25, -0.2) is 18.4 Å². The molecule has 0 spiro atoms. The van der Waals surface area contributed by atoms with Gasteiger partial charge in [0.05, 0.1) is 10.4 Å². The largest absolute Gasteiger partial charge is 0.314 e. The highest BCUT2D eigenvalue weighted by Crippen LogP contribution is 2.24. The zero-order valence-electron chi connectivity index (χ0n) is 10.6. The number of halogens is 1. The van der Waals surface area contributed by atoms with Crippen LogP contribution in [0.25, 0.3) is 10.9 Å². The Balaban J connectivity index is 2.07. The summed E-state index contributed by atoms with van der Waals surface area (Å²) in [5.74, 6) is 0. The molecule has 8 heteroatoms. The molecule has 0 saturated carbocycles. The molecule has 20 heavy (non-hydrogen) atoms. The van der Waals surface area contributed by atoms with Crippen molar-refractivity contribution in [1.29, 1.82) is 0 Å². The molecule has 0 radical (unpaired) electrons. The Hall–Kier alpha value is -1.28. The quantitative estimate of drug-likeness (QED) is 0.833. The molecule has 1 aromatic heterocycles. The summed E-state index contributed by atoms with van der Waals surface area (Å²) in [4.78, 5) is 8.17. The van der Waals surface area contributed by atoms with Crippen LogP contribution in [0.4, 0.5) is 0 Å². The molecule has 106 valence electrons. The van der Waals surface area contributed by atoms with Gasteiger partial charge in [-0.1, -0.05) is 11.6 Å². The summed E-state index contributed by atoms with van der Waals surface area (Å²) < 4.78 is 26.6. The molecular weight excluding hydrogens is 300 g/mol. The van der Waals surface area contributed by atoms with Gasteiger partial charge in [-0.15, -0.1) is 0 Å². The van der Waals surface area contributed by atoms with Crippen molar-refractivity contribution in [1.82, 2.24) is 19.6 Å². The lowest BCUT2D eigenvalue weighted by molar-refractivity contribution is 0.360. The van der Waals surface area contributed by atoms with E-state index in [1.807, 2.05) is 0 Å². The number of rotatable bonds is 2. The second-order valence-electron chi connectivity index (χ2n) is 4.50. The Morgan fingerprint density at radius 2 is 1.95 bits per heavy atom. The van der Waals surface area contributed by atoms with Gasteiger partial charge in [-0.3, -0.25) is 0 Å². The molecule has 1 aliphatic heterocycles. The van der Waals surface area contributed by atoms with Crippen LogP contribution in [0, 0.1) is 0 Å². The lowest BCUT2D eigenvalue weighted by atomic mass is 10.2. The number of benzene rings is 1. The highest BCUT2D eigenvalue weighted by molar-refractivity contribution is 7.89. The van der Waals surface area contributed by atoms with Crippen molar-refractivity contribution < 1.29 is 8.42 Å². The number of nitrogens with zero attached hydrogens (tertiary/aromatic N) is 3. The summed E-state index contributed by atoms with van der Waals surface area (Å²) in [6, 6.07) is 4.75. The first-order valence-electron chi connectivity index (χ1n) is 6.20. The monoisotopic (exact) mass is 312 g/mol. The van der Waals surface area contributed by atoms with E-state index in [0.717, 1.165) is 0 Å². The predicted molar refractivity (Wildman–Crippen MR) is 76.2 cm³/mol. The molecule has 0 bridgehead atoms. The summed E-state index contributed by atoms with van der Waals surface area (Å²) in [7, 11) is -3.49. The number of fused-ring (bicyclic) bond motifs is 1. The predicted octanol–water partition coefficient (Wildman–Crippen LogP) is 0.877. The van der Waals surface area contributed by atoms with Crippen LogP contribution in [0.15, 0.2) is 29.4 Å². The molecule has 0 amide bonds. The topological polar surface area (TPSA) is 75.2 Å². The lowest BCUT2D eigenvalue weighted by Crippen LogP contribution is -2.46. The number of sulfonamides is 1. The van der Waals surface area contributed by atoms with Crippen molar-refractivity contribution in [2.75, 3.05) is 26.2 Å². The Kier molecular flexibility index (Phi) is 3.59. The first-order chi connectivity index (χ1) is 9.59. The van der Waals surface area contributed by atoms with Crippen molar-refractivity contribution in [3.8, 4) is 0 Å². The van der Waals surface area contributed by atoms with Crippen molar-refractivity contribution in [2.24, 2.45) is 0 Å². The SMILES string of the molecule is O=S(=O)(c1ccc2ncnc(Cl)c2c1)N1CCNCC1. The van der Waals surface area contributed by atoms with Crippen LogP contribution in [0.5, 0.6) is 0 Å². The normalized spacial score (nSPS) is 17.4. The summed E-state index contributed by atoms with van der Waals surface area (Å²) in [5, 5.41) is 3.93. The highest BCUT2D eigenvalue weighted by atomic mass is 35.5. The van der Waals surface area contributed by atoms with Crippen molar-refractivity contribution >= 4 is 32.5 Å². The first-order valence-corrected chi connectivity index (χ1v) is 8.02. The second-order valence-corrected chi connectivity index (χ2v) is 6.79. The van der Waals surface area contributed by atoms with Gasteiger partial charge in [-0.2, -0.15) is 4.31 Å². The smallest absolute Gasteiger partial charge is 0.243 e. The minimum atomic E-state index is -3.49. The Morgan fingerprint density at radius 1 is 1.20 bits per heavy atom. The number of hydrogen-bond donors (Lipinski definition) is 1. The maximum Gasteiger partial charge on any atom is 0.243 e. The fourth-order valence-corrected chi connectivity index (χ4v) is 3.86. The molecule has 2 aromatic rings. The van der Waals surface area contributed by atoms with Gasteiger partial charge in [0.1, 0.15) is 11.5 Å². The zero-order valence-corrected chi connectivity index (χ0v) is 12.2. The van der Waals surface area contributed by atoms with E-state index in [9.17, 15) is 8.42 Å². The van der Waals surface area contributed by atoms with Gasteiger partial charge in [-0.05, 0) is 18.2 Å². The van der Waals surface area contributed by atoms with Gasteiger partial charge in [0.25, 0.3) is 0 Å². The molecule has 0 aliphatic carbocycles. The average molecular weight is 313 g/mol. The molecule has 1 aromatic carbocycles. The number of piperazine rings is 1. The molecular formula is C12H13ClN4O2S. The summed E-state index contributed by atoms with van der Waals surface area (Å²) in [5.41, 5.74) is 0.629. The average Bonchev–Trinajstić information content (AvgIpc) is 2.48. The highest BCUT2D eigenvalue weighted by Gasteiger charge is 2.26. The number of hydrogen-bond acceptors (Lipinski definition) is 5. The van der Waals surface area contributed by atoms with E-state index in [-0.39, 0.29) is 10.0 Å². The molecule has 1 aliphatic rings. The van der Waals surface area contributed by atoms with Crippen LogP contribution < -0.4 is 5.32 Å². The van der Waals surface area contributed by atoms with E-state index in [1.54, 1.807) is 12.1 Å². The Morgan fingerprint density at radius 3 is 2.70 bits per heavy atom. The van der Waals surface area contributed by atoms with Crippen LogP contribution in [0.1, 0.15) is 0 Å². The van der Waals surface area contributed by atoms with Gasteiger partial charge in [0.15, 0.2) is 0 Å². The molecule has 3 rings (SSSR count). The van der Waals surface area contributed by atoms with E-state index >= 15 is 0 Å². The Labute approximate surface area is 121 Å². The zero-order chi connectivity index (χ0) is 14.2. The third-order valence-electron chi connectivity index (χ3n) is 3.27. The summed E-state index contributed by atoms with van der Waals surface area (Å²) in [6.45, 7) is 2.27. The third kappa shape index (κ3) is 2.37. The van der Waals surface area contributed by atoms with Crippen molar-refractivity contribution in [3.05, 3.63) is 29.7 Å². The second kappa shape index (κ2) is 5.25. The van der Waals surface area contributed by atoms with E-state index in [2.05, 4.69) is 15.3 Å². The third-order valence-corrected chi connectivity index (χ3v) is 5.47. The van der Waals surface area contributed by atoms with Crippen molar-refractivity contribution in [2.45, 2.75) is 4.90 Å². The summed E-state index contributed by atoms with van der Waals surface area (Å²) >= 11 is 6.00. The van der Waals surface area contributed by atoms with E-state index in [1.165, 1.54) is 16.7 Å². The molecule has 1 fully saturated rings. The van der Waals surface area contributed by atoms with Crippen LogP contribution >= 0.6 is 11.6 Å². The van der Waals surface area contributed by atoms with Gasteiger partial charge < -0.3 is 5.32 Å². The maximum absolute atomic E-state index is 12.6. The van der Waals surface area contributed by atoms with E-state index in [0.29, 0.717) is 37.1 Å². The van der Waals surface area contributed by atoms with E-state index in [4.69, 9.17) is 11.6 Å². The number of nitrogens with one attached hydrogen (secondary N) is 1. The fourth-order valence-electron chi connectivity index (χ4n) is 2.20. The molecule has 6 nitrogen and oxygen atoms in total. The first kappa shape index (κ1) is 13.7. The van der Waals surface area contributed by atoms with E-state index < -0.39 is 10.0 Å². The van der Waals surface area contributed by atoms with Crippen LogP contribution in [0.2, 0.25) is 5.15 Å². The van der Waals surface area contributed by atoms with Crippen LogP contribution in [-0.2, 0) is 10.0 Å². The van der Waals surface area contributed by atoms with Gasteiger partial charge in [0, 0.05) is 31.6 Å². The van der Waals surface area contributed by atoms with Gasteiger partial charge >= 0.3 is 0 Å². The number of aromatic nitrogens is 2.